The van der Waals surface area contributed by atoms with Gasteiger partial charge in [0, 0.05) is 0 Å². The molecule has 0 atom stereocenters. The van der Waals surface area contributed by atoms with Crippen molar-refractivity contribution in [3.8, 4) is 5.75 Å². The maximum atomic E-state index is 14.3. The number of halogens is 4. The van der Waals surface area contributed by atoms with Crippen LogP contribution in [-0.4, -0.2) is 5.97 Å². The van der Waals surface area contributed by atoms with Gasteiger partial charge in [0.15, 0.2) is 11.6 Å². The average molecular weight is 388 g/mol. The quantitative estimate of drug-likeness (QED) is 0.228. The number of esters is 1. The summed E-state index contributed by atoms with van der Waals surface area (Å²) in [5, 5.41) is 0.672. The van der Waals surface area contributed by atoms with Crippen LogP contribution in [-0.2, 0) is 6.42 Å². The summed E-state index contributed by atoms with van der Waals surface area (Å²) < 4.78 is 60.2. The summed E-state index contributed by atoms with van der Waals surface area (Å²) in [5.74, 6) is -5.35. The first kappa shape index (κ1) is 19.6. The third-order valence-electron chi connectivity index (χ3n) is 4.20. The smallest absolute Gasteiger partial charge is 0.349 e. The molecule has 0 aliphatic heterocycles. The fraction of sp³-hybridized carbons (Fsp3) is 0.136. The maximum Gasteiger partial charge on any atom is 0.349 e. The van der Waals surface area contributed by atoms with E-state index in [0.717, 1.165) is 24.3 Å². The number of fused-ring (bicyclic) bond motifs is 1. The molecule has 28 heavy (non-hydrogen) atoms. The van der Waals surface area contributed by atoms with Crippen LogP contribution >= 0.6 is 0 Å². The highest BCUT2D eigenvalue weighted by atomic mass is 19.2. The fourth-order valence-electron chi connectivity index (χ4n) is 2.82. The molecule has 0 heterocycles. The van der Waals surface area contributed by atoms with Crippen molar-refractivity contribution >= 4 is 16.7 Å². The van der Waals surface area contributed by atoms with E-state index in [9.17, 15) is 22.4 Å². The minimum atomic E-state index is -1.21. The van der Waals surface area contributed by atoms with Crippen molar-refractivity contribution in [2.24, 2.45) is 0 Å². The van der Waals surface area contributed by atoms with Gasteiger partial charge in [-0.3, -0.25) is 0 Å². The van der Waals surface area contributed by atoms with Crippen molar-refractivity contribution in [2.45, 2.75) is 19.8 Å². The molecule has 3 rings (SSSR count). The minimum absolute atomic E-state index is 0.0422. The molecule has 0 aromatic heterocycles. The van der Waals surface area contributed by atoms with Crippen LogP contribution in [0.3, 0.4) is 0 Å². The molecule has 0 aliphatic rings. The van der Waals surface area contributed by atoms with Gasteiger partial charge in [0.05, 0.1) is 0 Å². The van der Waals surface area contributed by atoms with Gasteiger partial charge in [-0.25, -0.2) is 22.4 Å². The van der Waals surface area contributed by atoms with Crippen LogP contribution in [0.15, 0.2) is 54.6 Å². The first-order valence-corrected chi connectivity index (χ1v) is 8.59. The Hall–Kier alpha value is -3.15. The summed E-state index contributed by atoms with van der Waals surface area (Å²) in [6.45, 7) is 1.85. The molecule has 0 aliphatic carbocycles. The highest BCUT2D eigenvalue weighted by Gasteiger charge is 2.21. The average Bonchev–Trinajstić information content (AvgIpc) is 2.62. The monoisotopic (exact) mass is 388 g/mol. The largest absolute Gasteiger partial charge is 0.423 e. The van der Waals surface area contributed by atoms with Crippen LogP contribution in [0.4, 0.5) is 17.6 Å². The van der Waals surface area contributed by atoms with Crippen LogP contribution in [0.2, 0.25) is 0 Å². The number of benzene rings is 3. The second kappa shape index (κ2) is 8.25. The number of hydrogen-bond acceptors (Lipinski definition) is 2. The van der Waals surface area contributed by atoms with Crippen LogP contribution in [0.25, 0.3) is 10.8 Å². The van der Waals surface area contributed by atoms with E-state index in [-0.39, 0.29) is 11.1 Å². The van der Waals surface area contributed by atoms with Gasteiger partial charge in [-0.2, -0.15) is 0 Å². The van der Waals surface area contributed by atoms with Crippen LogP contribution < -0.4 is 4.74 Å². The van der Waals surface area contributed by atoms with E-state index >= 15 is 0 Å². The van der Waals surface area contributed by atoms with Gasteiger partial charge in [-0.15, -0.1) is 0 Å². The number of allylic oxidation sites excluding steroid dienone is 2. The highest BCUT2D eigenvalue weighted by molar-refractivity contribution is 5.92. The van der Waals surface area contributed by atoms with E-state index in [1.54, 1.807) is 0 Å². The minimum Gasteiger partial charge on any atom is -0.423 e. The molecule has 0 spiro atoms. The molecular weight excluding hydrogens is 372 g/mol. The Morgan fingerprint density at radius 3 is 2.18 bits per heavy atom. The Kier molecular flexibility index (Phi) is 5.78. The predicted molar refractivity (Wildman–Crippen MR) is 98.3 cm³/mol. The lowest BCUT2D eigenvalue weighted by Crippen LogP contribution is -2.13. The topological polar surface area (TPSA) is 26.3 Å². The van der Waals surface area contributed by atoms with Crippen molar-refractivity contribution in [3.63, 3.8) is 0 Å². The zero-order valence-corrected chi connectivity index (χ0v) is 14.9. The number of carbonyl (C=O) groups is 1. The summed E-state index contributed by atoms with van der Waals surface area (Å²) in [7, 11) is 0. The van der Waals surface area contributed by atoms with Crippen LogP contribution in [0, 0.1) is 23.3 Å². The highest BCUT2D eigenvalue weighted by Crippen LogP contribution is 2.25. The lowest BCUT2D eigenvalue weighted by atomic mass is 10.1. The Morgan fingerprint density at radius 1 is 0.893 bits per heavy atom. The van der Waals surface area contributed by atoms with Crippen molar-refractivity contribution in [3.05, 3.63) is 89.0 Å². The summed E-state index contributed by atoms with van der Waals surface area (Å²) in [5.41, 5.74) is -0.381. The number of hydrogen-bond donors (Lipinski definition) is 0. The molecule has 0 bridgehead atoms. The van der Waals surface area contributed by atoms with E-state index in [2.05, 4.69) is 0 Å². The molecular formula is C22H16F4O2. The van der Waals surface area contributed by atoms with E-state index in [0.29, 0.717) is 23.8 Å². The van der Waals surface area contributed by atoms with Gasteiger partial charge in [0.2, 0.25) is 0 Å². The van der Waals surface area contributed by atoms with Gasteiger partial charge in [-0.1, -0.05) is 18.2 Å². The molecule has 0 saturated heterocycles. The molecule has 0 N–H and O–H groups in total. The summed E-state index contributed by atoms with van der Waals surface area (Å²) in [4.78, 5) is 12.2. The lowest BCUT2D eigenvalue weighted by molar-refractivity contribution is 0.0725. The Labute approximate surface area is 159 Å². The maximum absolute atomic E-state index is 14.3. The van der Waals surface area contributed by atoms with E-state index in [4.69, 9.17) is 4.74 Å². The van der Waals surface area contributed by atoms with Gasteiger partial charge < -0.3 is 4.74 Å². The fourth-order valence-corrected chi connectivity index (χ4v) is 2.82. The van der Waals surface area contributed by atoms with Gasteiger partial charge in [0.25, 0.3) is 0 Å². The van der Waals surface area contributed by atoms with E-state index in [1.807, 2.05) is 19.1 Å². The van der Waals surface area contributed by atoms with Crippen molar-refractivity contribution in [1.82, 2.24) is 0 Å². The molecule has 0 radical (unpaired) electrons. The SMILES string of the molecule is C/C=C/CCc1cc(F)c(C(=O)Oc2ccc3cc(F)c(F)cc3c2)c(F)c1. The van der Waals surface area contributed by atoms with Gasteiger partial charge in [0.1, 0.15) is 22.9 Å². The van der Waals surface area contributed by atoms with Crippen molar-refractivity contribution in [2.75, 3.05) is 0 Å². The zero-order chi connectivity index (χ0) is 20.3. The second-order valence-electron chi connectivity index (χ2n) is 6.21. The number of carbonyl (C=O) groups excluding carboxylic acids is 1. The van der Waals surface area contributed by atoms with E-state index in [1.165, 1.54) is 18.2 Å². The molecule has 3 aromatic rings. The predicted octanol–water partition coefficient (Wildman–Crippen LogP) is 6.12. The Bertz CT molecular complexity index is 1050. The third-order valence-corrected chi connectivity index (χ3v) is 4.20. The summed E-state index contributed by atoms with van der Waals surface area (Å²) >= 11 is 0. The number of rotatable bonds is 5. The first-order valence-electron chi connectivity index (χ1n) is 8.59. The Morgan fingerprint density at radius 2 is 1.54 bits per heavy atom. The molecule has 3 aromatic carbocycles. The summed E-state index contributed by atoms with van der Waals surface area (Å²) in [6, 6.07) is 8.18. The standard InChI is InChI=1S/C22H16F4O2/c1-2-3-4-5-13-8-19(25)21(20(26)9-13)22(27)28-16-7-6-14-11-17(23)18(24)12-15(14)10-16/h2-3,6-12H,4-5H2,1H3/b3-2+. The van der Waals surface area contributed by atoms with E-state index < -0.39 is 34.8 Å². The number of ether oxygens (including phenoxy) is 1. The van der Waals surface area contributed by atoms with Gasteiger partial charge >= 0.3 is 5.97 Å². The normalized spacial score (nSPS) is 11.3. The Balaban J connectivity index is 1.84. The van der Waals surface area contributed by atoms with Crippen LogP contribution in [0.5, 0.6) is 5.75 Å². The zero-order valence-electron chi connectivity index (χ0n) is 14.9. The van der Waals surface area contributed by atoms with Crippen LogP contribution in [0.1, 0.15) is 29.3 Å². The first-order chi connectivity index (χ1) is 13.4. The molecule has 144 valence electrons. The molecule has 0 unspecified atom stereocenters. The molecule has 6 heteroatoms. The summed E-state index contributed by atoms with van der Waals surface area (Å²) in [6.07, 6.45) is 4.75. The lowest BCUT2D eigenvalue weighted by Gasteiger charge is -2.09. The van der Waals surface area contributed by atoms with Crippen molar-refractivity contribution < 1.29 is 27.1 Å². The van der Waals surface area contributed by atoms with Crippen molar-refractivity contribution in [1.29, 1.82) is 0 Å². The second-order valence-corrected chi connectivity index (χ2v) is 6.21. The molecule has 0 amide bonds. The molecule has 0 saturated carbocycles. The number of aryl methyl sites for hydroxylation is 1. The third kappa shape index (κ3) is 4.22. The molecule has 0 fully saturated rings. The van der Waals surface area contributed by atoms with Gasteiger partial charge in [-0.05, 0) is 72.5 Å². The molecule has 2 nitrogen and oxygen atoms in total.